The first kappa shape index (κ1) is 14.2. The lowest BCUT2D eigenvalue weighted by Gasteiger charge is -2.35. The van der Waals surface area contributed by atoms with Crippen LogP contribution in [0.15, 0.2) is 23.4 Å². The van der Waals surface area contributed by atoms with Crippen LogP contribution in [0.1, 0.15) is 33.1 Å². The van der Waals surface area contributed by atoms with E-state index in [1.54, 1.807) is 6.20 Å². The molecule has 1 heterocycles. The molecule has 0 spiro atoms. The van der Waals surface area contributed by atoms with Gasteiger partial charge in [0.05, 0.1) is 10.0 Å². The Kier molecular flexibility index (Phi) is 4.93. The Bertz CT molecular complexity index is 380. The lowest BCUT2D eigenvalue weighted by Crippen LogP contribution is -2.39. The monoisotopic (exact) mass is 284 g/mol. The number of pyridine rings is 1. The fourth-order valence-corrected chi connectivity index (χ4v) is 3.85. The molecule has 0 bridgehead atoms. The van der Waals surface area contributed by atoms with Crippen LogP contribution in [-0.2, 0) is 0 Å². The van der Waals surface area contributed by atoms with Crippen LogP contribution < -0.4 is 5.73 Å². The van der Waals surface area contributed by atoms with Crippen molar-refractivity contribution in [2.24, 2.45) is 17.6 Å². The summed E-state index contributed by atoms with van der Waals surface area (Å²) in [5.41, 5.74) is 6.24. The number of thioether (sulfide) groups is 1. The van der Waals surface area contributed by atoms with Gasteiger partial charge in [-0.05, 0) is 43.2 Å². The zero-order valence-corrected chi connectivity index (χ0v) is 12.5. The van der Waals surface area contributed by atoms with Crippen molar-refractivity contribution in [3.05, 3.63) is 23.4 Å². The molecular weight excluding hydrogens is 264 g/mol. The molecule has 1 aliphatic rings. The Morgan fingerprint density at radius 2 is 2.17 bits per heavy atom. The number of halogens is 1. The van der Waals surface area contributed by atoms with E-state index < -0.39 is 0 Å². The quantitative estimate of drug-likeness (QED) is 0.912. The summed E-state index contributed by atoms with van der Waals surface area (Å²) in [5, 5.41) is 2.21. The van der Waals surface area contributed by atoms with Gasteiger partial charge in [-0.2, -0.15) is 0 Å². The standard InChI is InChI=1S/C14H21ClN2S/c1-9(2)10-3-5-12(16)13(7-10)18-14-6-4-11(15)8-17-14/h4,6,8-10,12-13H,3,5,7,16H2,1-2H3. The highest BCUT2D eigenvalue weighted by atomic mass is 35.5. The van der Waals surface area contributed by atoms with Crippen molar-refractivity contribution in [1.82, 2.24) is 4.98 Å². The number of hydrogen-bond donors (Lipinski definition) is 1. The fraction of sp³-hybridized carbons (Fsp3) is 0.643. The van der Waals surface area contributed by atoms with Gasteiger partial charge < -0.3 is 5.73 Å². The van der Waals surface area contributed by atoms with Gasteiger partial charge in [0.25, 0.3) is 0 Å². The van der Waals surface area contributed by atoms with Gasteiger partial charge in [-0.3, -0.25) is 0 Å². The Labute approximate surface area is 119 Å². The average molecular weight is 285 g/mol. The molecule has 4 heteroatoms. The molecule has 1 aromatic heterocycles. The van der Waals surface area contributed by atoms with E-state index in [-0.39, 0.29) is 0 Å². The van der Waals surface area contributed by atoms with Crippen molar-refractivity contribution in [1.29, 1.82) is 0 Å². The van der Waals surface area contributed by atoms with Crippen LogP contribution in [0.4, 0.5) is 0 Å². The van der Waals surface area contributed by atoms with Gasteiger partial charge >= 0.3 is 0 Å². The third kappa shape index (κ3) is 3.62. The molecule has 0 radical (unpaired) electrons. The van der Waals surface area contributed by atoms with E-state index in [9.17, 15) is 0 Å². The summed E-state index contributed by atoms with van der Waals surface area (Å²) >= 11 is 7.66. The number of hydrogen-bond acceptors (Lipinski definition) is 3. The molecule has 0 amide bonds. The largest absolute Gasteiger partial charge is 0.327 e. The van der Waals surface area contributed by atoms with Crippen molar-refractivity contribution < 1.29 is 0 Å². The molecule has 100 valence electrons. The number of nitrogens with two attached hydrogens (primary N) is 1. The normalized spacial score (nSPS) is 28.6. The molecule has 18 heavy (non-hydrogen) atoms. The van der Waals surface area contributed by atoms with E-state index in [2.05, 4.69) is 18.8 Å². The lowest BCUT2D eigenvalue weighted by atomic mass is 9.79. The van der Waals surface area contributed by atoms with Crippen LogP contribution in [0.25, 0.3) is 0 Å². The highest BCUT2D eigenvalue weighted by Gasteiger charge is 2.30. The second-order valence-corrected chi connectivity index (χ2v) is 7.15. The maximum Gasteiger partial charge on any atom is 0.0964 e. The first-order chi connectivity index (χ1) is 8.56. The first-order valence-corrected chi connectivity index (χ1v) is 7.86. The van der Waals surface area contributed by atoms with Gasteiger partial charge in [-0.25, -0.2) is 4.98 Å². The third-order valence-corrected chi connectivity index (χ3v) is 5.35. The number of rotatable bonds is 3. The van der Waals surface area contributed by atoms with E-state index in [0.29, 0.717) is 16.3 Å². The van der Waals surface area contributed by atoms with E-state index in [1.165, 1.54) is 12.8 Å². The van der Waals surface area contributed by atoms with Crippen LogP contribution in [0.2, 0.25) is 5.02 Å². The summed E-state index contributed by atoms with van der Waals surface area (Å²) < 4.78 is 0. The minimum atomic E-state index is 0.294. The Balaban J connectivity index is 2.00. The second-order valence-electron chi connectivity index (χ2n) is 5.45. The van der Waals surface area contributed by atoms with Crippen LogP contribution in [0, 0.1) is 11.8 Å². The summed E-state index contributed by atoms with van der Waals surface area (Å²) in [6.45, 7) is 4.62. The van der Waals surface area contributed by atoms with Crippen LogP contribution in [0.3, 0.4) is 0 Å². The van der Waals surface area contributed by atoms with Crippen LogP contribution in [0.5, 0.6) is 0 Å². The summed E-state index contributed by atoms with van der Waals surface area (Å²) in [6.07, 6.45) is 5.31. The minimum Gasteiger partial charge on any atom is -0.327 e. The van der Waals surface area contributed by atoms with Gasteiger partial charge in [0.2, 0.25) is 0 Å². The minimum absolute atomic E-state index is 0.294. The average Bonchev–Trinajstić information content (AvgIpc) is 2.34. The van der Waals surface area contributed by atoms with E-state index in [4.69, 9.17) is 17.3 Å². The Morgan fingerprint density at radius 3 is 2.78 bits per heavy atom. The zero-order valence-electron chi connectivity index (χ0n) is 11.0. The smallest absolute Gasteiger partial charge is 0.0964 e. The van der Waals surface area contributed by atoms with Crippen molar-refractivity contribution in [2.75, 3.05) is 0 Å². The topological polar surface area (TPSA) is 38.9 Å². The molecule has 3 atom stereocenters. The molecule has 2 nitrogen and oxygen atoms in total. The number of aromatic nitrogens is 1. The van der Waals surface area contributed by atoms with Crippen molar-refractivity contribution in [3.63, 3.8) is 0 Å². The first-order valence-electron chi connectivity index (χ1n) is 6.60. The molecule has 3 unspecified atom stereocenters. The Hall–Kier alpha value is -0.250. The van der Waals surface area contributed by atoms with Gasteiger partial charge in [0.1, 0.15) is 0 Å². The van der Waals surface area contributed by atoms with Crippen molar-refractivity contribution in [2.45, 2.75) is 49.4 Å². The molecular formula is C14H21ClN2S. The lowest BCUT2D eigenvalue weighted by molar-refractivity contribution is 0.266. The van der Waals surface area contributed by atoms with Gasteiger partial charge in [0, 0.05) is 17.5 Å². The summed E-state index contributed by atoms with van der Waals surface area (Å²) in [7, 11) is 0. The molecule has 1 saturated carbocycles. The van der Waals surface area contributed by atoms with Crippen LogP contribution >= 0.6 is 23.4 Å². The summed E-state index contributed by atoms with van der Waals surface area (Å²) in [5.74, 6) is 1.55. The highest BCUT2D eigenvalue weighted by molar-refractivity contribution is 7.99. The second kappa shape index (κ2) is 6.27. The zero-order chi connectivity index (χ0) is 13.1. The van der Waals surface area contributed by atoms with Gasteiger partial charge in [-0.15, -0.1) is 11.8 Å². The third-order valence-electron chi connectivity index (χ3n) is 3.80. The molecule has 1 aromatic rings. The molecule has 1 fully saturated rings. The van der Waals surface area contributed by atoms with Gasteiger partial charge in [0.15, 0.2) is 0 Å². The number of nitrogens with zero attached hydrogens (tertiary/aromatic N) is 1. The molecule has 2 rings (SSSR count). The van der Waals surface area contributed by atoms with Crippen molar-refractivity contribution in [3.8, 4) is 0 Å². The van der Waals surface area contributed by atoms with Crippen LogP contribution in [-0.4, -0.2) is 16.3 Å². The van der Waals surface area contributed by atoms with Crippen molar-refractivity contribution >= 4 is 23.4 Å². The highest BCUT2D eigenvalue weighted by Crippen LogP contribution is 2.37. The predicted octanol–water partition coefficient (Wildman–Crippen LogP) is 3.98. The van der Waals surface area contributed by atoms with E-state index in [1.807, 2.05) is 23.9 Å². The maximum atomic E-state index is 6.24. The van der Waals surface area contributed by atoms with Gasteiger partial charge in [-0.1, -0.05) is 25.4 Å². The Morgan fingerprint density at radius 1 is 1.39 bits per heavy atom. The SMILES string of the molecule is CC(C)C1CCC(N)C(Sc2ccc(Cl)cn2)C1. The molecule has 1 aliphatic carbocycles. The van der Waals surface area contributed by atoms with E-state index in [0.717, 1.165) is 23.3 Å². The maximum absolute atomic E-state index is 6.24. The molecule has 0 aliphatic heterocycles. The summed E-state index contributed by atoms with van der Waals surface area (Å²) in [4.78, 5) is 4.35. The molecule has 2 N–H and O–H groups in total. The van der Waals surface area contributed by atoms with E-state index >= 15 is 0 Å². The molecule has 0 saturated heterocycles. The predicted molar refractivity (Wildman–Crippen MR) is 79.0 cm³/mol. The fourth-order valence-electron chi connectivity index (χ4n) is 2.51. The molecule has 0 aromatic carbocycles. The summed E-state index contributed by atoms with van der Waals surface area (Å²) in [6, 6.07) is 4.17.